The fourth-order valence-electron chi connectivity index (χ4n) is 3.96. The van der Waals surface area contributed by atoms with Crippen molar-refractivity contribution in [1.29, 1.82) is 0 Å². The number of hydrogen-bond acceptors (Lipinski definition) is 5. The first-order valence-electron chi connectivity index (χ1n) is 11.0. The zero-order valence-electron chi connectivity index (χ0n) is 18.1. The number of carbonyl (C=O) groups is 1. The Morgan fingerprint density at radius 3 is 2.65 bits per heavy atom. The summed E-state index contributed by atoms with van der Waals surface area (Å²) in [4.78, 5) is 30.5. The molecule has 2 aromatic heterocycles. The van der Waals surface area contributed by atoms with Gasteiger partial charge in [0.1, 0.15) is 5.52 Å². The van der Waals surface area contributed by atoms with Crippen LogP contribution >= 0.6 is 11.8 Å². The number of thioether (sulfide) groups is 1. The largest absolute Gasteiger partial charge is 0.353 e. The van der Waals surface area contributed by atoms with E-state index in [0.717, 1.165) is 18.4 Å². The molecule has 31 heavy (non-hydrogen) atoms. The average Bonchev–Trinajstić information content (AvgIpc) is 3.20. The second-order valence-corrected chi connectivity index (χ2v) is 9.12. The molecule has 1 N–H and O–H groups in total. The zero-order valence-corrected chi connectivity index (χ0v) is 19.0. The molecule has 1 aliphatic rings. The fraction of sp³-hybridized carbons (Fsp3) is 0.478. The van der Waals surface area contributed by atoms with Gasteiger partial charge in [0.2, 0.25) is 5.91 Å². The summed E-state index contributed by atoms with van der Waals surface area (Å²) >= 11 is 1.31. The molecular weight excluding hydrogens is 410 g/mol. The average molecular weight is 440 g/mol. The number of nitrogens with one attached hydrogen (secondary N) is 1. The molecule has 3 aromatic rings. The smallest absolute Gasteiger partial charge is 0.282 e. The predicted molar refractivity (Wildman–Crippen MR) is 123 cm³/mol. The number of benzene rings is 1. The Morgan fingerprint density at radius 2 is 1.94 bits per heavy atom. The summed E-state index contributed by atoms with van der Waals surface area (Å²) in [6.07, 6.45) is 7.49. The summed E-state index contributed by atoms with van der Waals surface area (Å²) in [5.41, 5.74) is 2.94. The van der Waals surface area contributed by atoms with Gasteiger partial charge in [-0.3, -0.25) is 18.8 Å². The molecule has 164 valence electrons. The molecule has 0 bridgehead atoms. The van der Waals surface area contributed by atoms with Crippen LogP contribution in [-0.4, -0.2) is 37.0 Å². The lowest BCUT2D eigenvalue weighted by atomic mass is 9.95. The summed E-state index contributed by atoms with van der Waals surface area (Å²) in [6, 6.07) is 8.36. The lowest BCUT2D eigenvalue weighted by Crippen LogP contribution is -2.37. The van der Waals surface area contributed by atoms with Crippen molar-refractivity contribution in [2.45, 2.75) is 70.2 Å². The highest BCUT2D eigenvalue weighted by molar-refractivity contribution is 7.99. The minimum absolute atomic E-state index is 0.00242. The van der Waals surface area contributed by atoms with E-state index < -0.39 is 0 Å². The topological polar surface area (TPSA) is 81.8 Å². The first-order chi connectivity index (χ1) is 15.0. The van der Waals surface area contributed by atoms with E-state index in [0.29, 0.717) is 29.3 Å². The Bertz CT molecular complexity index is 1110. The normalized spacial score (nSPS) is 14.8. The quantitative estimate of drug-likeness (QED) is 0.450. The van der Waals surface area contributed by atoms with Gasteiger partial charge in [0.05, 0.1) is 18.5 Å². The van der Waals surface area contributed by atoms with Gasteiger partial charge in [-0.05, 0) is 32.3 Å². The molecule has 4 rings (SSSR count). The van der Waals surface area contributed by atoms with Gasteiger partial charge in [-0.2, -0.15) is 5.10 Å². The minimum Gasteiger partial charge on any atom is -0.353 e. The minimum atomic E-state index is -0.173. The number of carbonyl (C=O) groups excluding carboxylic acids is 1. The Labute approximate surface area is 186 Å². The summed E-state index contributed by atoms with van der Waals surface area (Å²) in [6.45, 7) is 5.07. The van der Waals surface area contributed by atoms with Gasteiger partial charge in [0.25, 0.3) is 5.56 Å². The number of amides is 1. The highest BCUT2D eigenvalue weighted by Gasteiger charge is 2.19. The Morgan fingerprint density at radius 1 is 1.19 bits per heavy atom. The molecule has 1 amide bonds. The van der Waals surface area contributed by atoms with Crippen molar-refractivity contribution in [3.05, 3.63) is 51.9 Å². The van der Waals surface area contributed by atoms with Crippen molar-refractivity contribution in [1.82, 2.24) is 24.6 Å². The molecule has 1 aromatic carbocycles. The van der Waals surface area contributed by atoms with Gasteiger partial charge in [-0.15, -0.1) is 0 Å². The van der Waals surface area contributed by atoms with Gasteiger partial charge in [0.15, 0.2) is 10.7 Å². The van der Waals surface area contributed by atoms with Gasteiger partial charge < -0.3 is 5.32 Å². The predicted octanol–water partition coefficient (Wildman–Crippen LogP) is 3.51. The lowest BCUT2D eigenvalue weighted by molar-refractivity contribution is -0.119. The molecule has 0 spiro atoms. The third-order valence-electron chi connectivity index (χ3n) is 5.73. The highest BCUT2D eigenvalue weighted by atomic mass is 32.2. The molecule has 0 atom stereocenters. The summed E-state index contributed by atoms with van der Waals surface area (Å²) < 4.78 is 3.36. The van der Waals surface area contributed by atoms with Crippen LogP contribution in [0.5, 0.6) is 0 Å². The van der Waals surface area contributed by atoms with E-state index in [-0.39, 0.29) is 23.3 Å². The van der Waals surface area contributed by atoms with Gasteiger partial charge in [0, 0.05) is 12.6 Å². The van der Waals surface area contributed by atoms with Gasteiger partial charge in [-0.1, -0.05) is 60.9 Å². The van der Waals surface area contributed by atoms with E-state index in [1.165, 1.54) is 36.6 Å². The van der Waals surface area contributed by atoms with Crippen LogP contribution in [0.4, 0.5) is 0 Å². The van der Waals surface area contributed by atoms with Crippen molar-refractivity contribution >= 4 is 28.7 Å². The van der Waals surface area contributed by atoms with Crippen LogP contribution in [0.2, 0.25) is 0 Å². The summed E-state index contributed by atoms with van der Waals surface area (Å²) in [7, 11) is 0. The van der Waals surface area contributed by atoms with E-state index in [9.17, 15) is 9.59 Å². The van der Waals surface area contributed by atoms with Crippen LogP contribution in [0.3, 0.4) is 0 Å². The molecule has 1 fully saturated rings. The van der Waals surface area contributed by atoms with E-state index in [4.69, 9.17) is 4.98 Å². The molecule has 0 aliphatic heterocycles. The van der Waals surface area contributed by atoms with E-state index in [2.05, 4.69) is 10.4 Å². The third kappa shape index (κ3) is 5.18. The van der Waals surface area contributed by atoms with E-state index in [1.807, 2.05) is 38.1 Å². The summed E-state index contributed by atoms with van der Waals surface area (Å²) in [5, 5.41) is 8.08. The lowest BCUT2D eigenvalue weighted by Gasteiger charge is -2.22. The van der Waals surface area contributed by atoms with E-state index >= 15 is 0 Å². The number of hydrogen-bond donors (Lipinski definition) is 1. The van der Waals surface area contributed by atoms with E-state index in [1.54, 1.807) is 15.4 Å². The fourth-order valence-corrected chi connectivity index (χ4v) is 4.77. The number of aryl methyl sites for hydroxylation is 2. The SMILES string of the molecule is CCn1cc2nc(SCC(=O)NC3CCCCC3)n(Cc3ccc(C)cc3)c(=O)c2n1. The van der Waals surface area contributed by atoms with Crippen molar-refractivity contribution in [3.8, 4) is 0 Å². The molecule has 0 radical (unpaired) electrons. The van der Waals surface area contributed by atoms with Crippen molar-refractivity contribution < 1.29 is 4.79 Å². The number of rotatable bonds is 7. The number of fused-ring (bicyclic) bond motifs is 1. The van der Waals surface area contributed by atoms with Crippen molar-refractivity contribution in [2.75, 3.05) is 5.75 Å². The van der Waals surface area contributed by atoms with Crippen LogP contribution < -0.4 is 10.9 Å². The second kappa shape index (κ2) is 9.68. The maximum absolute atomic E-state index is 13.2. The molecule has 1 saturated carbocycles. The van der Waals surface area contributed by atoms with Crippen LogP contribution in [0, 0.1) is 6.92 Å². The van der Waals surface area contributed by atoms with Crippen LogP contribution in [-0.2, 0) is 17.9 Å². The molecule has 2 heterocycles. The number of aromatic nitrogens is 4. The van der Waals surface area contributed by atoms with Gasteiger partial charge in [-0.25, -0.2) is 4.98 Å². The second-order valence-electron chi connectivity index (χ2n) is 8.18. The van der Waals surface area contributed by atoms with Gasteiger partial charge >= 0.3 is 0 Å². The molecule has 7 nitrogen and oxygen atoms in total. The summed E-state index contributed by atoms with van der Waals surface area (Å²) in [5.74, 6) is 0.238. The van der Waals surface area contributed by atoms with Crippen LogP contribution in [0.15, 0.2) is 40.4 Å². The molecule has 0 saturated heterocycles. The van der Waals surface area contributed by atoms with Crippen molar-refractivity contribution in [3.63, 3.8) is 0 Å². The standard InChI is InChI=1S/C23H29N5O2S/c1-3-27-14-19-21(26-27)22(30)28(13-17-11-9-16(2)10-12-17)23(25-19)31-15-20(29)24-18-7-5-4-6-8-18/h9-12,14,18H,3-8,13,15H2,1-2H3,(H,24,29). The molecular formula is C23H29N5O2S. The third-order valence-corrected chi connectivity index (χ3v) is 6.70. The van der Waals surface area contributed by atoms with Crippen LogP contribution in [0.25, 0.3) is 11.0 Å². The monoisotopic (exact) mass is 439 g/mol. The Kier molecular flexibility index (Phi) is 6.75. The van der Waals surface area contributed by atoms with Crippen molar-refractivity contribution in [2.24, 2.45) is 0 Å². The Hall–Kier alpha value is -2.61. The first-order valence-corrected chi connectivity index (χ1v) is 12.0. The zero-order chi connectivity index (χ0) is 21.8. The molecule has 0 unspecified atom stereocenters. The molecule has 1 aliphatic carbocycles. The maximum atomic E-state index is 13.2. The maximum Gasteiger partial charge on any atom is 0.282 e. The Balaban J connectivity index is 1.59. The molecule has 8 heteroatoms. The highest BCUT2D eigenvalue weighted by Crippen LogP contribution is 2.20. The first kappa shape index (κ1) is 21.6. The number of nitrogens with zero attached hydrogens (tertiary/aromatic N) is 4. The van der Waals surface area contributed by atoms with Crippen LogP contribution in [0.1, 0.15) is 50.2 Å².